The van der Waals surface area contributed by atoms with E-state index in [0.717, 1.165) is 22.3 Å². The summed E-state index contributed by atoms with van der Waals surface area (Å²) in [4.78, 5) is 3.78. The first kappa shape index (κ1) is 44.3. The van der Waals surface area contributed by atoms with Gasteiger partial charge in [-0.25, -0.2) is 0 Å². The second kappa shape index (κ2) is 19.2. The first-order valence-electron chi connectivity index (χ1n) is 19.5. The fourth-order valence-electron chi connectivity index (χ4n) is 8.67. The number of nitrogens with one attached hydrogen (secondary N) is 2. The van der Waals surface area contributed by atoms with Crippen molar-refractivity contribution in [1.82, 2.24) is 4.98 Å². The minimum absolute atomic E-state index is 0. The Hall–Kier alpha value is -5.41. The number of aromatic nitrogens is 1. The van der Waals surface area contributed by atoms with E-state index in [1.54, 1.807) is 12.4 Å². The molecule has 57 heavy (non-hydrogen) atoms. The van der Waals surface area contributed by atoms with E-state index in [1.807, 2.05) is 18.2 Å². The largest absolute Gasteiger partial charge is 2.00 e. The van der Waals surface area contributed by atoms with Crippen LogP contribution in [0.2, 0.25) is 0 Å². The van der Waals surface area contributed by atoms with Crippen molar-refractivity contribution in [1.29, 1.82) is 0 Å². The van der Waals surface area contributed by atoms with Crippen molar-refractivity contribution in [3.8, 4) is 44.5 Å². The molecule has 291 valence electrons. The molecule has 0 saturated carbocycles. The fourth-order valence-corrected chi connectivity index (χ4v) is 8.67. The van der Waals surface area contributed by atoms with Crippen LogP contribution in [0.3, 0.4) is 0 Å². The number of hydrogen-bond acceptors (Lipinski definition) is 1. The average Bonchev–Trinajstić information content (AvgIpc) is 3.11. The van der Waals surface area contributed by atoms with Crippen LogP contribution in [0, 0.1) is 83.1 Å². The topological polar surface area (TPSA) is 60.5 Å². The zero-order chi connectivity index (χ0) is 40.8. The van der Waals surface area contributed by atoms with Gasteiger partial charge in [-0.05, 0) is 184 Å². The van der Waals surface area contributed by atoms with Crippen molar-refractivity contribution in [3.05, 3.63) is 194 Å². The summed E-state index contributed by atoms with van der Waals surface area (Å²) in [6, 6.07) is 35.8. The molecule has 1 aromatic heterocycles. The molecule has 0 atom stereocenters. The third kappa shape index (κ3) is 10.1. The monoisotopic (exact) mass is 790 g/mol. The molecule has 7 aromatic rings. The SMILES string of the molecule is Cc1cc(C)c(-c2cccc(-c3c(C)cc(C)cc3C)c2[NH-])c(C)c1.Cc1cc(C)c(-c2cccc(-c3c(C)cc(C)cc3C)c2[NH-])c(C)c1.[Mn+2].c1ccncc1. The van der Waals surface area contributed by atoms with Gasteiger partial charge in [0.15, 0.2) is 0 Å². The molecule has 0 aliphatic heterocycles. The maximum absolute atomic E-state index is 8.92. The van der Waals surface area contributed by atoms with E-state index < -0.39 is 0 Å². The van der Waals surface area contributed by atoms with Crippen molar-refractivity contribution in [2.75, 3.05) is 0 Å². The van der Waals surface area contributed by atoms with Gasteiger partial charge in [0.1, 0.15) is 0 Å². The summed E-state index contributed by atoms with van der Waals surface area (Å²) in [5.41, 5.74) is 42.9. The first-order valence-corrected chi connectivity index (χ1v) is 19.5. The maximum atomic E-state index is 8.92. The van der Waals surface area contributed by atoms with Crippen molar-refractivity contribution in [3.63, 3.8) is 0 Å². The summed E-state index contributed by atoms with van der Waals surface area (Å²) < 4.78 is 0. The predicted octanol–water partition coefficient (Wildman–Crippen LogP) is 16.2. The zero-order valence-corrected chi connectivity index (χ0v) is 37.0. The smallest absolute Gasteiger partial charge is 0.698 e. The molecule has 0 saturated heterocycles. The summed E-state index contributed by atoms with van der Waals surface area (Å²) in [6.07, 6.45) is 3.50. The van der Waals surface area contributed by atoms with Crippen LogP contribution in [-0.2, 0) is 17.1 Å². The number of rotatable bonds is 4. The van der Waals surface area contributed by atoms with Crippen LogP contribution in [0.25, 0.3) is 56.0 Å². The molecule has 0 unspecified atom stereocenters. The summed E-state index contributed by atoms with van der Waals surface area (Å²) in [6.45, 7) is 25.6. The Morgan fingerprint density at radius 3 is 0.684 bits per heavy atom. The standard InChI is InChI=1S/2C24H26N.C5H5N.Mn/c2*1-14-10-16(3)22(17(4)11-14)20-8-7-9-21(24(20)25)23-18(5)12-15(2)13-19(23)6;1-2-4-6-5-3-1;/h2*7-13,25H,1-6H3;1-5H;/q2*-1;;+2. The Balaban J connectivity index is 0.000000217. The van der Waals surface area contributed by atoms with E-state index in [9.17, 15) is 0 Å². The van der Waals surface area contributed by atoms with Crippen LogP contribution in [0.4, 0.5) is 11.4 Å². The Morgan fingerprint density at radius 1 is 0.316 bits per heavy atom. The molecule has 0 spiro atoms. The number of benzene rings is 6. The van der Waals surface area contributed by atoms with Gasteiger partial charge in [-0.2, -0.15) is 0 Å². The van der Waals surface area contributed by atoms with Gasteiger partial charge in [0.2, 0.25) is 0 Å². The van der Waals surface area contributed by atoms with Crippen molar-refractivity contribution < 1.29 is 17.1 Å². The van der Waals surface area contributed by atoms with Crippen LogP contribution in [0.5, 0.6) is 0 Å². The first-order chi connectivity index (χ1) is 26.6. The Bertz CT molecular complexity index is 2080. The molecule has 6 aromatic carbocycles. The molecule has 2 N–H and O–H groups in total. The van der Waals surface area contributed by atoms with Crippen LogP contribution < -0.4 is 0 Å². The summed E-state index contributed by atoms with van der Waals surface area (Å²) in [5.74, 6) is 0. The molecule has 4 heteroatoms. The van der Waals surface area contributed by atoms with Crippen molar-refractivity contribution >= 4 is 11.4 Å². The van der Waals surface area contributed by atoms with Gasteiger partial charge in [-0.1, -0.05) is 113 Å². The molecular weight excluding hydrogens is 734 g/mol. The number of hydrogen-bond donors (Lipinski definition) is 0. The summed E-state index contributed by atoms with van der Waals surface area (Å²) in [5, 5.41) is 0. The molecular formula is C53H57MnN3. The Morgan fingerprint density at radius 2 is 0.526 bits per heavy atom. The van der Waals surface area contributed by atoms with Crippen LogP contribution >= 0.6 is 0 Å². The van der Waals surface area contributed by atoms with E-state index in [4.69, 9.17) is 11.5 Å². The molecule has 1 radical (unpaired) electrons. The zero-order valence-electron chi connectivity index (χ0n) is 35.8. The number of pyridine rings is 1. The van der Waals surface area contributed by atoms with Gasteiger partial charge in [0.05, 0.1) is 0 Å². The maximum Gasteiger partial charge on any atom is 2.00 e. The normalized spacial score (nSPS) is 10.5. The van der Waals surface area contributed by atoms with Gasteiger partial charge in [0, 0.05) is 12.4 Å². The van der Waals surface area contributed by atoms with Crippen LogP contribution in [-0.4, -0.2) is 4.98 Å². The number of aryl methyl sites for hydroxylation is 12. The Labute approximate surface area is 353 Å². The van der Waals surface area contributed by atoms with E-state index >= 15 is 0 Å². The second-order valence-corrected chi connectivity index (χ2v) is 15.6. The predicted molar refractivity (Wildman–Crippen MR) is 244 cm³/mol. The van der Waals surface area contributed by atoms with Gasteiger partial charge in [0.25, 0.3) is 0 Å². The quantitative estimate of drug-likeness (QED) is 0.164. The third-order valence-corrected chi connectivity index (χ3v) is 10.5. The molecule has 1 heterocycles. The van der Waals surface area contributed by atoms with Gasteiger partial charge < -0.3 is 11.5 Å². The Kier molecular flexibility index (Phi) is 14.9. The molecule has 0 aliphatic carbocycles. The average molecular weight is 791 g/mol. The minimum atomic E-state index is 0. The van der Waals surface area contributed by atoms with Gasteiger partial charge in [-0.15, -0.1) is 11.4 Å². The summed E-state index contributed by atoms with van der Waals surface area (Å²) >= 11 is 0. The van der Waals surface area contributed by atoms with Crippen molar-refractivity contribution in [2.24, 2.45) is 0 Å². The minimum Gasteiger partial charge on any atom is -0.698 e. The van der Waals surface area contributed by atoms with Gasteiger partial charge >= 0.3 is 17.1 Å². The third-order valence-electron chi connectivity index (χ3n) is 10.5. The molecule has 0 bridgehead atoms. The fraction of sp³-hybridized carbons (Fsp3) is 0.226. The van der Waals surface area contributed by atoms with Gasteiger partial charge in [-0.3, -0.25) is 4.98 Å². The molecule has 0 fully saturated rings. The van der Waals surface area contributed by atoms with E-state index in [2.05, 4.69) is 173 Å². The summed E-state index contributed by atoms with van der Waals surface area (Å²) in [7, 11) is 0. The van der Waals surface area contributed by atoms with Crippen molar-refractivity contribution in [2.45, 2.75) is 83.1 Å². The van der Waals surface area contributed by atoms with E-state index in [-0.39, 0.29) is 17.1 Å². The van der Waals surface area contributed by atoms with E-state index in [0.29, 0.717) is 11.4 Å². The molecule has 0 aliphatic rings. The van der Waals surface area contributed by atoms with E-state index in [1.165, 1.54) is 89.0 Å². The second-order valence-electron chi connectivity index (χ2n) is 15.6. The molecule has 7 rings (SSSR count). The molecule has 3 nitrogen and oxygen atoms in total. The van der Waals surface area contributed by atoms with Crippen LogP contribution in [0.15, 0.2) is 116 Å². The van der Waals surface area contributed by atoms with Crippen LogP contribution in [0.1, 0.15) is 66.8 Å². The molecule has 0 amide bonds. The number of nitrogens with zero attached hydrogens (tertiary/aromatic N) is 1.